The van der Waals surface area contributed by atoms with Crippen molar-refractivity contribution in [2.75, 3.05) is 0 Å². The van der Waals surface area contributed by atoms with Crippen molar-refractivity contribution in [1.29, 1.82) is 0 Å². The number of hydrogen-bond acceptors (Lipinski definition) is 2. The van der Waals surface area contributed by atoms with Crippen molar-refractivity contribution < 1.29 is 4.79 Å². The van der Waals surface area contributed by atoms with Crippen molar-refractivity contribution in [3.8, 4) is 0 Å². The Bertz CT molecular complexity index is 163. The summed E-state index contributed by atoms with van der Waals surface area (Å²) in [6.07, 6.45) is 5.76. The molecule has 2 atom stereocenters. The number of rotatable bonds is 1. The Balaban J connectivity index is 2.59. The highest BCUT2D eigenvalue weighted by Gasteiger charge is 2.22. The van der Waals surface area contributed by atoms with Gasteiger partial charge >= 0.3 is 0 Å². The number of carbonyl (C=O) groups is 1. The van der Waals surface area contributed by atoms with E-state index in [2.05, 4.69) is 0 Å². The van der Waals surface area contributed by atoms with E-state index in [1.54, 1.807) is 6.92 Å². The maximum Gasteiger partial charge on any atom is 0.134 e. The first-order valence-corrected chi connectivity index (χ1v) is 3.63. The van der Waals surface area contributed by atoms with Crippen LogP contribution in [0.15, 0.2) is 12.2 Å². The Hall–Kier alpha value is -0.630. The zero-order chi connectivity index (χ0) is 7.56. The largest absolute Gasteiger partial charge is 0.327 e. The number of ketones is 1. The fourth-order valence-corrected chi connectivity index (χ4v) is 1.30. The van der Waals surface area contributed by atoms with Crippen LogP contribution in [0, 0.1) is 5.92 Å². The van der Waals surface area contributed by atoms with Crippen LogP contribution in [0.2, 0.25) is 0 Å². The predicted octanol–water partition coefficient (Wildman–Crippen LogP) is 0.869. The Morgan fingerprint density at radius 2 is 2.10 bits per heavy atom. The lowest BCUT2D eigenvalue weighted by Gasteiger charge is -2.21. The van der Waals surface area contributed by atoms with E-state index in [0.29, 0.717) is 0 Å². The monoisotopic (exact) mass is 139 g/mol. The van der Waals surface area contributed by atoms with E-state index in [1.807, 2.05) is 12.2 Å². The molecule has 56 valence electrons. The molecule has 0 radical (unpaired) electrons. The lowest BCUT2D eigenvalue weighted by atomic mass is 9.87. The van der Waals surface area contributed by atoms with Gasteiger partial charge in [0.25, 0.3) is 0 Å². The summed E-state index contributed by atoms with van der Waals surface area (Å²) >= 11 is 0. The van der Waals surface area contributed by atoms with E-state index < -0.39 is 0 Å². The van der Waals surface area contributed by atoms with Crippen LogP contribution in [0.1, 0.15) is 19.8 Å². The summed E-state index contributed by atoms with van der Waals surface area (Å²) in [5, 5.41) is 0. The van der Waals surface area contributed by atoms with Crippen LogP contribution in [0.5, 0.6) is 0 Å². The van der Waals surface area contributed by atoms with Gasteiger partial charge < -0.3 is 5.73 Å². The Labute approximate surface area is 61.1 Å². The number of allylic oxidation sites excluding steroid dienone is 1. The molecule has 0 aliphatic heterocycles. The summed E-state index contributed by atoms with van der Waals surface area (Å²) in [6, 6.07) is 0.0579. The molecule has 1 rings (SSSR count). The highest BCUT2D eigenvalue weighted by molar-refractivity contribution is 5.79. The van der Waals surface area contributed by atoms with Crippen LogP contribution in [0.4, 0.5) is 0 Å². The molecule has 0 unspecified atom stereocenters. The third-order valence-electron chi connectivity index (χ3n) is 2.00. The van der Waals surface area contributed by atoms with Crippen LogP contribution in [0.25, 0.3) is 0 Å². The molecule has 1 aliphatic rings. The predicted molar refractivity (Wildman–Crippen MR) is 40.5 cm³/mol. The van der Waals surface area contributed by atoms with Crippen LogP contribution >= 0.6 is 0 Å². The minimum absolute atomic E-state index is 0.0579. The van der Waals surface area contributed by atoms with Gasteiger partial charge in [-0.1, -0.05) is 12.2 Å². The van der Waals surface area contributed by atoms with Crippen LogP contribution in [-0.4, -0.2) is 11.8 Å². The van der Waals surface area contributed by atoms with E-state index in [4.69, 9.17) is 5.73 Å². The zero-order valence-corrected chi connectivity index (χ0v) is 6.21. The van der Waals surface area contributed by atoms with Gasteiger partial charge in [-0.05, 0) is 19.8 Å². The molecule has 0 heterocycles. The van der Waals surface area contributed by atoms with Gasteiger partial charge in [0.1, 0.15) is 5.78 Å². The minimum Gasteiger partial charge on any atom is -0.327 e. The van der Waals surface area contributed by atoms with Gasteiger partial charge in [-0.15, -0.1) is 0 Å². The molecular formula is C8H13NO. The summed E-state index contributed by atoms with van der Waals surface area (Å²) in [6.45, 7) is 1.61. The highest BCUT2D eigenvalue weighted by Crippen LogP contribution is 2.17. The zero-order valence-electron chi connectivity index (χ0n) is 6.21. The van der Waals surface area contributed by atoms with Gasteiger partial charge in [-0.3, -0.25) is 4.79 Å². The SMILES string of the molecule is CC(=O)[C@H]1CC=CC[C@@H]1N. The molecule has 10 heavy (non-hydrogen) atoms. The maximum absolute atomic E-state index is 10.9. The van der Waals surface area contributed by atoms with Gasteiger partial charge in [0, 0.05) is 12.0 Å². The number of carbonyl (C=O) groups excluding carboxylic acids is 1. The van der Waals surface area contributed by atoms with E-state index in [-0.39, 0.29) is 17.7 Å². The summed E-state index contributed by atoms with van der Waals surface area (Å²) in [5.74, 6) is 0.293. The third-order valence-corrected chi connectivity index (χ3v) is 2.00. The fraction of sp³-hybridized carbons (Fsp3) is 0.625. The van der Waals surface area contributed by atoms with Crippen LogP contribution in [0.3, 0.4) is 0 Å². The van der Waals surface area contributed by atoms with Gasteiger partial charge in [-0.25, -0.2) is 0 Å². The van der Waals surface area contributed by atoms with Gasteiger partial charge in [0.15, 0.2) is 0 Å². The third kappa shape index (κ3) is 1.45. The van der Waals surface area contributed by atoms with E-state index >= 15 is 0 Å². The molecule has 0 aromatic heterocycles. The summed E-state index contributed by atoms with van der Waals surface area (Å²) < 4.78 is 0. The first kappa shape index (κ1) is 7.48. The second-order valence-corrected chi connectivity index (χ2v) is 2.82. The van der Waals surface area contributed by atoms with Crippen molar-refractivity contribution in [3.63, 3.8) is 0 Å². The number of Topliss-reactive ketones (excluding diaryl/α,β-unsaturated/α-hetero) is 1. The molecule has 0 fully saturated rings. The lowest BCUT2D eigenvalue weighted by Crippen LogP contribution is -2.35. The molecular weight excluding hydrogens is 126 g/mol. The van der Waals surface area contributed by atoms with Gasteiger partial charge in [-0.2, -0.15) is 0 Å². The van der Waals surface area contributed by atoms with Gasteiger partial charge in [0.05, 0.1) is 0 Å². The molecule has 0 saturated carbocycles. The minimum atomic E-state index is 0.0579. The molecule has 0 spiro atoms. The summed E-state index contributed by atoms with van der Waals surface area (Å²) in [5.41, 5.74) is 5.71. The molecule has 0 amide bonds. The molecule has 2 nitrogen and oxygen atoms in total. The summed E-state index contributed by atoms with van der Waals surface area (Å²) in [4.78, 5) is 10.9. The Morgan fingerprint density at radius 1 is 1.50 bits per heavy atom. The average molecular weight is 139 g/mol. The average Bonchev–Trinajstić information content (AvgIpc) is 1.88. The number of hydrogen-bond donors (Lipinski definition) is 1. The summed E-state index contributed by atoms with van der Waals surface area (Å²) in [7, 11) is 0. The van der Waals surface area contributed by atoms with Crippen molar-refractivity contribution in [3.05, 3.63) is 12.2 Å². The molecule has 0 saturated heterocycles. The quantitative estimate of drug-likeness (QED) is 0.548. The molecule has 1 aliphatic carbocycles. The van der Waals surface area contributed by atoms with Gasteiger partial charge in [0.2, 0.25) is 0 Å². The standard InChI is InChI=1S/C8H13NO/c1-6(10)7-4-2-3-5-8(7)9/h2-3,7-8H,4-5,9H2,1H3/t7-,8+/m1/s1. The second kappa shape index (κ2) is 2.97. The van der Waals surface area contributed by atoms with E-state index in [1.165, 1.54) is 0 Å². The Morgan fingerprint density at radius 3 is 2.50 bits per heavy atom. The van der Waals surface area contributed by atoms with Crippen molar-refractivity contribution in [2.24, 2.45) is 11.7 Å². The van der Waals surface area contributed by atoms with E-state index in [9.17, 15) is 4.79 Å². The highest BCUT2D eigenvalue weighted by atomic mass is 16.1. The maximum atomic E-state index is 10.9. The smallest absolute Gasteiger partial charge is 0.134 e. The fourth-order valence-electron chi connectivity index (χ4n) is 1.30. The van der Waals surface area contributed by atoms with Crippen molar-refractivity contribution >= 4 is 5.78 Å². The van der Waals surface area contributed by atoms with E-state index in [0.717, 1.165) is 12.8 Å². The molecule has 2 N–H and O–H groups in total. The number of nitrogens with two attached hydrogens (primary N) is 1. The lowest BCUT2D eigenvalue weighted by molar-refractivity contribution is -0.121. The van der Waals surface area contributed by atoms with Crippen LogP contribution < -0.4 is 5.73 Å². The first-order chi connectivity index (χ1) is 4.72. The first-order valence-electron chi connectivity index (χ1n) is 3.63. The molecule has 0 aromatic carbocycles. The topological polar surface area (TPSA) is 43.1 Å². The molecule has 0 bridgehead atoms. The van der Waals surface area contributed by atoms with Crippen molar-refractivity contribution in [2.45, 2.75) is 25.8 Å². The van der Waals surface area contributed by atoms with Crippen LogP contribution in [-0.2, 0) is 4.79 Å². The molecule has 2 heteroatoms. The Kier molecular flexibility index (Phi) is 2.22. The second-order valence-electron chi connectivity index (χ2n) is 2.82. The normalized spacial score (nSPS) is 32.2. The molecule has 0 aromatic rings. The van der Waals surface area contributed by atoms with Crippen molar-refractivity contribution in [1.82, 2.24) is 0 Å².